The van der Waals surface area contributed by atoms with Crippen molar-refractivity contribution >= 4 is 0 Å². The highest BCUT2D eigenvalue weighted by Gasteiger charge is 1.94. The van der Waals surface area contributed by atoms with Crippen molar-refractivity contribution in [3.05, 3.63) is 54.6 Å². The van der Waals surface area contributed by atoms with Gasteiger partial charge in [-0.15, -0.1) is 0 Å². The van der Waals surface area contributed by atoms with Gasteiger partial charge in [0.1, 0.15) is 5.75 Å². The third kappa shape index (κ3) is 1.70. The highest BCUT2D eigenvalue weighted by molar-refractivity contribution is 5.63. The Morgan fingerprint density at radius 2 is 1.15 bits per heavy atom. The summed E-state index contributed by atoms with van der Waals surface area (Å²) in [4.78, 5) is 0. The quantitative estimate of drug-likeness (QED) is 0.707. The van der Waals surface area contributed by atoms with Crippen LogP contribution in [0.15, 0.2) is 54.6 Å². The fourth-order valence-corrected chi connectivity index (χ4v) is 1.28. The largest absolute Gasteiger partial charge is 0.508 e. The summed E-state index contributed by atoms with van der Waals surface area (Å²) in [5, 5.41) is 9.10. The highest BCUT2D eigenvalue weighted by atomic mass is 16.3. The number of aromatic hydroxyl groups is 1. The van der Waals surface area contributed by atoms with Crippen molar-refractivity contribution in [1.29, 1.82) is 0 Å². The molecule has 0 aliphatic rings. The first kappa shape index (κ1) is 7.87. The lowest BCUT2D eigenvalue weighted by atomic mass is 10.3. The molecule has 1 nitrogen and oxygen atoms in total. The second-order valence-electron chi connectivity index (χ2n) is 2.91. The molecule has 0 atom stereocenters. The van der Waals surface area contributed by atoms with E-state index in [-0.39, 0.29) is 0 Å². The van der Waals surface area contributed by atoms with Gasteiger partial charge in [-0.05, 0) is 23.3 Å². The lowest BCUT2D eigenvalue weighted by molar-refractivity contribution is 0.475. The normalized spacial score (nSPS) is 9.85. The van der Waals surface area contributed by atoms with Crippen LogP contribution in [0.25, 0.3) is 11.1 Å². The second kappa shape index (κ2) is 3.31. The molecule has 0 aliphatic heterocycles. The molecule has 0 amide bonds. The number of hydrogen-bond acceptors (Lipinski definition) is 1. The zero-order valence-electron chi connectivity index (χ0n) is 7.14. The predicted octanol–water partition coefficient (Wildman–Crippen LogP) is 3.06. The maximum atomic E-state index is 9.10. The first-order valence-electron chi connectivity index (χ1n) is 4.21. The second-order valence-corrected chi connectivity index (χ2v) is 2.91. The minimum Gasteiger partial charge on any atom is -0.508 e. The molecule has 1 N–H and O–H groups in total. The van der Waals surface area contributed by atoms with Crippen molar-refractivity contribution in [3.8, 4) is 16.9 Å². The number of hydrogen-bond donors (Lipinski definition) is 1. The van der Waals surface area contributed by atoms with Gasteiger partial charge >= 0.3 is 0 Å². The molecule has 0 saturated carbocycles. The Hall–Kier alpha value is -1.76. The van der Waals surface area contributed by atoms with E-state index >= 15 is 0 Å². The van der Waals surface area contributed by atoms with Crippen LogP contribution in [0.4, 0.5) is 0 Å². The van der Waals surface area contributed by atoms with Crippen molar-refractivity contribution < 1.29 is 5.11 Å². The van der Waals surface area contributed by atoms with E-state index in [9.17, 15) is 0 Å². The molecular formula is C12H10O. The van der Waals surface area contributed by atoms with Crippen molar-refractivity contribution in [2.75, 3.05) is 0 Å². The van der Waals surface area contributed by atoms with Crippen molar-refractivity contribution in [1.82, 2.24) is 0 Å². The van der Waals surface area contributed by atoms with Gasteiger partial charge in [-0.3, -0.25) is 0 Å². The van der Waals surface area contributed by atoms with E-state index in [2.05, 4.69) is 0 Å². The maximum absolute atomic E-state index is 9.10. The molecule has 0 bridgehead atoms. The summed E-state index contributed by atoms with van der Waals surface area (Å²) < 4.78 is 0. The summed E-state index contributed by atoms with van der Waals surface area (Å²) >= 11 is 0. The Morgan fingerprint density at radius 3 is 1.77 bits per heavy atom. The van der Waals surface area contributed by atoms with Crippen LogP contribution in [0.5, 0.6) is 5.75 Å². The van der Waals surface area contributed by atoms with E-state index in [1.54, 1.807) is 12.1 Å². The van der Waals surface area contributed by atoms with Gasteiger partial charge in [0, 0.05) is 0 Å². The van der Waals surface area contributed by atoms with Crippen LogP contribution in [0.2, 0.25) is 0 Å². The molecule has 0 radical (unpaired) electrons. The summed E-state index contributed by atoms with van der Waals surface area (Å²) in [6.07, 6.45) is 0. The Morgan fingerprint density at radius 1 is 0.615 bits per heavy atom. The summed E-state index contributed by atoms with van der Waals surface area (Å²) in [6, 6.07) is 17.3. The van der Waals surface area contributed by atoms with E-state index in [4.69, 9.17) is 5.11 Å². The molecule has 0 heterocycles. The zero-order valence-corrected chi connectivity index (χ0v) is 7.14. The van der Waals surface area contributed by atoms with Gasteiger partial charge < -0.3 is 5.11 Å². The standard InChI is InChI=1S/C12H10O/c13-12-8-6-11(7-9-12)10-4-2-1-3-5-10/h1-9,13H/i6+1,7+1,8+1,9+1,11+1,12+1. The van der Waals surface area contributed by atoms with Crippen LogP contribution in [-0.4, -0.2) is 5.11 Å². The minimum atomic E-state index is 0.305. The minimum absolute atomic E-state index is 0.305. The molecule has 2 aromatic rings. The lowest BCUT2D eigenvalue weighted by Crippen LogP contribution is -1.74. The average Bonchev–Trinajstić information content (AvgIpc) is 2.20. The predicted molar refractivity (Wildman–Crippen MR) is 53.5 cm³/mol. The van der Waals surface area contributed by atoms with Gasteiger partial charge in [-0.2, -0.15) is 0 Å². The summed E-state index contributed by atoms with van der Waals surface area (Å²) in [5.41, 5.74) is 2.29. The molecule has 0 aromatic heterocycles. The van der Waals surface area contributed by atoms with Crippen molar-refractivity contribution in [2.24, 2.45) is 0 Å². The monoisotopic (exact) mass is 176 g/mol. The average molecular weight is 176 g/mol. The Kier molecular flexibility index (Phi) is 2.01. The van der Waals surface area contributed by atoms with Crippen LogP contribution >= 0.6 is 0 Å². The fraction of sp³-hybridized carbons (Fsp3) is 0. The molecule has 2 rings (SSSR count). The van der Waals surface area contributed by atoms with Crippen molar-refractivity contribution in [2.45, 2.75) is 0 Å². The molecular weight excluding hydrogens is 166 g/mol. The van der Waals surface area contributed by atoms with E-state index in [0.717, 1.165) is 5.56 Å². The maximum Gasteiger partial charge on any atom is 0.115 e. The molecule has 13 heavy (non-hydrogen) atoms. The number of phenols is 1. The van der Waals surface area contributed by atoms with Gasteiger partial charge in [-0.1, -0.05) is 42.5 Å². The number of rotatable bonds is 1. The molecule has 1 heteroatoms. The molecule has 2 aromatic carbocycles. The van der Waals surface area contributed by atoms with Crippen LogP contribution in [-0.2, 0) is 0 Å². The smallest absolute Gasteiger partial charge is 0.115 e. The summed E-state index contributed by atoms with van der Waals surface area (Å²) in [5.74, 6) is 0.305. The highest BCUT2D eigenvalue weighted by Crippen LogP contribution is 2.20. The van der Waals surface area contributed by atoms with Crippen LogP contribution in [0, 0.1) is 0 Å². The Bertz CT molecular complexity index is 376. The molecule has 0 spiro atoms. The third-order valence-electron chi connectivity index (χ3n) is 1.97. The topological polar surface area (TPSA) is 20.2 Å². The first-order valence-corrected chi connectivity index (χ1v) is 4.21. The van der Waals surface area contributed by atoms with Gasteiger partial charge in [-0.25, -0.2) is 0 Å². The lowest BCUT2D eigenvalue weighted by Gasteiger charge is -2.00. The molecule has 64 valence electrons. The fourth-order valence-electron chi connectivity index (χ4n) is 1.28. The SMILES string of the molecule is O[13c]1[13cH][13cH][13c](-c2ccccc2)[13cH][13cH]1. The van der Waals surface area contributed by atoms with E-state index in [0.29, 0.717) is 5.75 Å². The molecule has 0 aliphatic carbocycles. The van der Waals surface area contributed by atoms with Gasteiger partial charge in [0.25, 0.3) is 0 Å². The van der Waals surface area contributed by atoms with Crippen LogP contribution in [0.1, 0.15) is 0 Å². The van der Waals surface area contributed by atoms with Crippen molar-refractivity contribution in [3.63, 3.8) is 0 Å². The Labute approximate surface area is 77.3 Å². The summed E-state index contributed by atoms with van der Waals surface area (Å²) in [7, 11) is 0. The Balaban J connectivity index is 2.42. The summed E-state index contributed by atoms with van der Waals surface area (Å²) in [6.45, 7) is 0. The van der Waals surface area contributed by atoms with Gasteiger partial charge in [0.2, 0.25) is 0 Å². The number of benzene rings is 2. The third-order valence-corrected chi connectivity index (χ3v) is 1.97. The van der Waals surface area contributed by atoms with Crippen LogP contribution in [0.3, 0.4) is 0 Å². The van der Waals surface area contributed by atoms with E-state index in [1.807, 2.05) is 42.5 Å². The van der Waals surface area contributed by atoms with Crippen LogP contribution < -0.4 is 0 Å². The van der Waals surface area contributed by atoms with Gasteiger partial charge in [0.15, 0.2) is 0 Å². The number of phenolic OH excluding ortho intramolecular Hbond substituents is 1. The van der Waals surface area contributed by atoms with Gasteiger partial charge in [0.05, 0.1) is 0 Å². The molecule has 0 unspecified atom stereocenters. The first-order chi connectivity index (χ1) is 6.36. The van der Waals surface area contributed by atoms with E-state index in [1.165, 1.54) is 5.56 Å². The molecule has 0 fully saturated rings. The zero-order chi connectivity index (χ0) is 9.10. The molecule has 0 saturated heterocycles. The van der Waals surface area contributed by atoms with E-state index < -0.39 is 0 Å².